The largest absolute Gasteiger partial charge is 0.426 e. The zero-order chi connectivity index (χ0) is 15.5. The second-order valence-electron chi connectivity index (χ2n) is 4.31. The summed E-state index contributed by atoms with van der Waals surface area (Å²) in [5.41, 5.74) is -0.742. The minimum atomic E-state index is -4.51. The smallest absolute Gasteiger partial charge is 0.416 e. The molecule has 0 amide bonds. The number of hydrogen-bond donors (Lipinski definition) is 0. The number of carbonyl (C=O) groups is 1. The van der Waals surface area contributed by atoms with Crippen molar-refractivity contribution < 1.29 is 22.7 Å². The lowest BCUT2D eigenvalue weighted by Crippen LogP contribution is -2.12. The molecule has 0 atom stereocenters. The number of esters is 1. The van der Waals surface area contributed by atoms with Gasteiger partial charge in [0, 0.05) is 5.02 Å². The normalized spacial score (nSPS) is 11.2. The molecule has 6 heteroatoms. The summed E-state index contributed by atoms with van der Waals surface area (Å²) in [6.07, 6.45) is -4.80. The number of alkyl halides is 3. The Morgan fingerprint density at radius 2 is 1.76 bits per heavy atom. The van der Waals surface area contributed by atoms with Crippen molar-refractivity contribution in [3.8, 4) is 5.75 Å². The standard InChI is InChI=1S/C15H10ClF3O2/c16-12-7-10(6-11(9-12)15(17,18)19)8-14(20)21-13-4-2-1-3-5-13/h1-7,9H,8H2. The van der Waals surface area contributed by atoms with E-state index in [1.807, 2.05) is 0 Å². The van der Waals surface area contributed by atoms with Gasteiger partial charge < -0.3 is 4.74 Å². The summed E-state index contributed by atoms with van der Waals surface area (Å²) < 4.78 is 43.0. The van der Waals surface area contributed by atoms with Crippen LogP contribution in [0.2, 0.25) is 5.02 Å². The summed E-state index contributed by atoms with van der Waals surface area (Å²) in [5.74, 6) is -0.322. The Balaban J connectivity index is 2.12. The number of para-hydroxylation sites is 1. The highest BCUT2D eigenvalue weighted by atomic mass is 35.5. The van der Waals surface area contributed by atoms with Crippen LogP contribution in [-0.4, -0.2) is 5.97 Å². The molecule has 2 aromatic rings. The second kappa shape index (κ2) is 6.18. The quantitative estimate of drug-likeness (QED) is 0.615. The number of benzene rings is 2. The number of hydrogen-bond acceptors (Lipinski definition) is 2. The Labute approximate surface area is 124 Å². The maximum Gasteiger partial charge on any atom is 0.416 e. The molecular weight excluding hydrogens is 305 g/mol. The van der Waals surface area contributed by atoms with Gasteiger partial charge in [0.05, 0.1) is 12.0 Å². The van der Waals surface area contributed by atoms with Crippen LogP contribution in [0.15, 0.2) is 48.5 Å². The van der Waals surface area contributed by atoms with E-state index in [2.05, 4.69) is 0 Å². The zero-order valence-corrected chi connectivity index (χ0v) is 11.4. The summed E-state index contributed by atoms with van der Waals surface area (Å²) in [7, 11) is 0. The van der Waals surface area contributed by atoms with E-state index in [4.69, 9.17) is 16.3 Å². The van der Waals surface area contributed by atoms with Gasteiger partial charge in [-0.3, -0.25) is 4.79 Å². The lowest BCUT2D eigenvalue weighted by atomic mass is 10.1. The SMILES string of the molecule is O=C(Cc1cc(Cl)cc(C(F)(F)F)c1)Oc1ccccc1. The van der Waals surface area contributed by atoms with Gasteiger partial charge in [0.25, 0.3) is 0 Å². The summed E-state index contributed by atoms with van der Waals surface area (Å²) in [6, 6.07) is 11.3. The van der Waals surface area contributed by atoms with Crippen molar-refractivity contribution in [2.24, 2.45) is 0 Å². The highest BCUT2D eigenvalue weighted by Crippen LogP contribution is 2.32. The highest BCUT2D eigenvalue weighted by Gasteiger charge is 2.31. The molecule has 0 radical (unpaired) electrons. The maximum atomic E-state index is 12.7. The van der Waals surface area contributed by atoms with Crippen molar-refractivity contribution in [1.82, 2.24) is 0 Å². The molecule has 0 bridgehead atoms. The van der Waals surface area contributed by atoms with E-state index in [-0.39, 0.29) is 17.0 Å². The van der Waals surface area contributed by atoms with Crippen molar-refractivity contribution in [3.63, 3.8) is 0 Å². The number of ether oxygens (including phenoxy) is 1. The molecular formula is C15H10ClF3O2. The van der Waals surface area contributed by atoms with Crippen molar-refractivity contribution in [2.45, 2.75) is 12.6 Å². The first kappa shape index (κ1) is 15.4. The average Bonchev–Trinajstić information content (AvgIpc) is 2.37. The molecule has 2 rings (SSSR count). The molecule has 2 aromatic carbocycles. The number of carbonyl (C=O) groups excluding carboxylic acids is 1. The summed E-state index contributed by atoms with van der Waals surface area (Å²) in [6.45, 7) is 0. The van der Waals surface area contributed by atoms with Crippen molar-refractivity contribution in [1.29, 1.82) is 0 Å². The molecule has 0 heterocycles. The van der Waals surface area contributed by atoms with Crippen LogP contribution in [0.25, 0.3) is 0 Å². The van der Waals surface area contributed by atoms with Crippen molar-refractivity contribution in [2.75, 3.05) is 0 Å². The lowest BCUT2D eigenvalue weighted by Gasteiger charge is -2.10. The third kappa shape index (κ3) is 4.49. The molecule has 0 saturated heterocycles. The molecule has 0 unspecified atom stereocenters. The van der Waals surface area contributed by atoms with Gasteiger partial charge in [0.2, 0.25) is 0 Å². The van der Waals surface area contributed by atoms with Crippen LogP contribution < -0.4 is 4.74 Å². The van der Waals surface area contributed by atoms with Crippen LogP contribution in [0, 0.1) is 0 Å². The molecule has 0 N–H and O–H groups in total. The molecule has 0 aliphatic heterocycles. The third-order valence-electron chi connectivity index (χ3n) is 2.61. The van der Waals surface area contributed by atoms with Crippen LogP contribution in [0.1, 0.15) is 11.1 Å². The minimum absolute atomic E-state index is 0.0765. The van der Waals surface area contributed by atoms with Crippen molar-refractivity contribution in [3.05, 3.63) is 64.7 Å². The van der Waals surface area contributed by atoms with E-state index < -0.39 is 17.7 Å². The Kier molecular flexibility index (Phi) is 4.53. The van der Waals surface area contributed by atoms with Gasteiger partial charge in [-0.1, -0.05) is 29.8 Å². The monoisotopic (exact) mass is 314 g/mol. The van der Waals surface area contributed by atoms with E-state index in [1.54, 1.807) is 30.3 Å². The molecule has 0 aromatic heterocycles. The Morgan fingerprint density at radius 1 is 1.10 bits per heavy atom. The average molecular weight is 315 g/mol. The molecule has 0 aliphatic rings. The lowest BCUT2D eigenvalue weighted by molar-refractivity contribution is -0.138. The van der Waals surface area contributed by atoms with Crippen LogP contribution >= 0.6 is 11.6 Å². The van der Waals surface area contributed by atoms with Gasteiger partial charge in [0.1, 0.15) is 5.75 Å². The number of rotatable bonds is 3. The first-order chi connectivity index (χ1) is 9.84. The summed E-state index contributed by atoms with van der Waals surface area (Å²) in [4.78, 5) is 11.7. The fourth-order valence-corrected chi connectivity index (χ4v) is 2.00. The van der Waals surface area contributed by atoms with E-state index in [9.17, 15) is 18.0 Å². The van der Waals surface area contributed by atoms with Gasteiger partial charge in [-0.05, 0) is 35.9 Å². The molecule has 0 spiro atoms. The van der Waals surface area contributed by atoms with E-state index in [0.717, 1.165) is 12.1 Å². The topological polar surface area (TPSA) is 26.3 Å². The van der Waals surface area contributed by atoms with Crippen LogP contribution in [-0.2, 0) is 17.4 Å². The second-order valence-corrected chi connectivity index (χ2v) is 4.75. The Morgan fingerprint density at radius 3 is 2.38 bits per heavy atom. The van der Waals surface area contributed by atoms with E-state index in [1.165, 1.54) is 6.07 Å². The highest BCUT2D eigenvalue weighted by molar-refractivity contribution is 6.30. The molecule has 21 heavy (non-hydrogen) atoms. The first-order valence-corrected chi connectivity index (χ1v) is 6.35. The summed E-state index contributed by atoms with van der Waals surface area (Å²) in [5, 5.41) is -0.0765. The molecule has 2 nitrogen and oxygen atoms in total. The Bertz CT molecular complexity index is 639. The molecule has 0 fully saturated rings. The predicted molar refractivity (Wildman–Crippen MR) is 72.2 cm³/mol. The fourth-order valence-electron chi connectivity index (χ4n) is 1.74. The molecule has 110 valence electrons. The van der Waals surface area contributed by atoms with E-state index in [0.29, 0.717) is 5.75 Å². The fraction of sp³-hybridized carbons (Fsp3) is 0.133. The van der Waals surface area contributed by atoms with Gasteiger partial charge in [-0.2, -0.15) is 13.2 Å². The van der Waals surface area contributed by atoms with Crippen LogP contribution in [0.4, 0.5) is 13.2 Å². The third-order valence-corrected chi connectivity index (χ3v) is 2.83. The zero-order valence-electron chi connectivity index (χ0n) is 10.7. The van der Waals surface area contributed by atoms with Gasteiger partial charge in [-0.25, -0.2) is 0 Å². The Hall–Kier alpha value is -2.01. The van der Waals surface area contributed by atoms with Crippen LogP contribution in [0.3, 0.4) is 0 Å². The minimum Gasteiger partial charge on any atom is -0.426 e. The summed E-state index contributed by atoms with van der Waals surface area (Å²) >= 11 is 5.65. The predicted octanol–water partition coefficient (Wildman–Crippen LogP) is 4.51. The first-order valence-electron chi connectivity index (χ1n) is 5.97. The van der Waals surface area contributed by atoms with Gasteiger partial charge >= 0.3 is 12.1 Å². The molecule has 0 aliphatic carbocycles. The number of halogens is 4. The maximum absolute atomic E-state index is 12.7. The van der Waals surface area contributed by atoms with Gasteiger partial charge in [0.15, 0.2) is 0 Å². The van der Waals surface area contributed by atoms with Gasteiger partial charge in [-0.15, -0.1) is 0 Å². The van der Waals surface area contributed by atoms with E-state index >= 15 is 0 Å². The van der Waals surface area contributed by atoms with Crippen LogP contribution in [0.5, 0.6) is 5.75 Å². The van der Waals surface area contributed by atoms with Crippen molar-refractivity contribution >= 4 is 17.6 Å². The molecule has 0 saturated carbocycles.